The van der Waals surface area contributed by atoms with Gasteiger partial charge in [0, 0.05) is 26.2 Å². The van der Waals surface area contributed by atoms with Gasteiger partial charge in [-0.2, -0.15) is 9.40 Å². The zero-order chi connectivity index (χ0) is 25.2. The second kappa shape index (κ2) is 10.6. The van der Waals surface area contributed by atoms with Gasteiger partial charge in [0.25, 0.3) is 5.56 Å². The summed E-state index contributed by atoms with van der Waals surface area (Å²) in [4.78, 5) is 13.1. The van der Waals surface area contributed by atoms with Crippen LogP contribution in [0, 0.1) is 5.92 Å². The summed E-state index contributed by atoms with van der Waals surface area (Å²) < 4.78 is 34.5. The number of nitrogens with zero attached hydrogens (tertiary/aromatic N) is 3. The third-order valence-electron chi connectivity index (χ3n) is 6.75. The van der Waals surface area contributed by atoms with Crippen LogP contribution in [0.15, 0.2) is 40.2 Å². The number of anilines is 1. The van der Waals surface area contributed by atoms with E-state index in [0.29, 0.717) is 43.2 Å². The maximum atomic E-state index is 13.1. The first kappa shape index (κ1) is 26.1. The molecular weight excluding hydrogens is 492 g/mol. The number of nitrogens with one attached hydrogen (secondary N) is 1. The van der Waals surface area contributed by atoms with E-state index < -0.39 is 15.6 Å². The van der Waals surface area contributed by atoms with Crippen LogP contribution >= 0.6 is 11.6 Å². The Morgan fingerprint density at radius 1 is 1.20 bits per heavy atom. The summed E-state index contributed by atoms with van der Waals surface area (Å²) in [6.07, 6.45) is 4.58. The van der Waals surface area contributed by atoms with Gasteiger partial charge in [-0.3, -0.25) is 4.79 Å². The lowest BCUT2D eigenvalue weighted by Gasteiger charge is -2.31. The third-order valence-corrected chi connectivity index (χ3v) is 9.03. The number of rotatable bonds is 7. The number of hydrogen-bond acceptors (Lipinski definition) is 7. The summed E-state index contributed by atoms with van der Waals surface area (Å²) in [7, 11) is -3.68. The van der Waals surface area contributed by atoms with Gasteiger partial charge in [0.1, 0.15) is 5.02 Å². The normalized spacial score (nSPS) is 20.6. The summed E-state index contributed by atoms with van der Waals surface area (Å²) in [6.45, 7) is 6.00. The van der Waals surface area contributed by atoms with Gasteiger partial charge in [0.15, 0.2) is 0 Å². The maximum Gasteiger partial charge on any atom is 0.287 e. The molecule has 4 rings (SSSR count). The Morgan fingerprint density at radius 2 is 1.89 bits per heavy atom. The van der Waals surface area contributed by atoms with Crippen LogP contribution in [-0.2, 0) is 20.4 Å². The molecule has 11 heteroatoms. The lowest BCUT2D eigenvalue weighted by Crippen LogP contribution is -2.41. The number of halogens is 1. The predicted octanol–water partition coefficient (Wildman–Crippen LogP) is 2.99. The minimum Gasteiger partial charge on any atom is -0.386 e. The molecular formula is C24H33ClN4O5S. The smallest absolute Gasteiger partial charge is 0.287 e. The van der Waals surface area contributed by atoms with E-state index in [0.717, 1.165) is 19.4 Å². The van der Waals surface area contributed by atoms with Crippen molar-refractivity contribution in [1.82, 2.24) is 14.1 Å². The van der Waals surface area contributed by atoms with E-state index in [-0.39, 0.29) is 34.6 Å². The molecule has 2 aliphatic rings. The quantitative estimate of drug-likeness (QED) is 0.572. The zero-order valence-electron chi connectivity index (χ0n) is 20.1. The Bertz CT molecular complexity index is 1180. The second-order valence-corrected chi connectivity index (χ2v) is 12.1. The van der Waals surface area contributed by atoms with Crippen LogP contribution in [0.2, 0.25) is 5.02 Å². The highest BCUT2D eigenvalue weighted by molar-refractivity contribution is 7.89. The lowest BCUT2D eigenvalue weighted by molar-refractivity contribution is 0.0595. The number of piperidine rings is 1. The van der Waals surface area contributed by atoms with Crippen LogP contribution in [0.25, 0.3) is 0 Å². The van der Waals surface area contributed by atoms with Crippen LogP contribution < -0.4 is 10.9 Å². The molecule has 35 heavy (non-hydrogen) atoms. The van der Waals surface area contributed by atoms with Crippen molar-refractivity contribution in [2.24, 2.45) is 5.92 Å². The Hall–Kier alpha value is -1.98. The second-order valence-electron chi connectivity index (χ2n) is 9.80. The molecule has 2 aromatic rings. The van der Waals surface area contributed by atoms with Gasteiger partial charge in [-0.1, -0.05) is 23.7 Å². The number of aliphatic hydroxyl groups is 1. The molecule has 2 aliphatic heterocycles. The fourth-order valence-corrected chi connectivity index (χ4v) is 6.23. The van der Waals surface area contributed by atoms with Crippen LogP contribution in [0.5, 0.6) is 0 Å². The van der Waals surface area contributed by atoms with E-state index >= 15 is 0 Å². The summed E-state index contributed by atoms with van der Waals surface area (Å²) in [5.41, 5.74) is -0.270. The number of ether oxygens (including phenoxy) is 1. The highest BCUT2D eigenvalue weighted by Crippen LogP contribution is 2.28. The minimum absolute atomic E-state index is 0.0960. The molecule has 0 amide bonds. The summed E-state index contributed by atoms with van der Waals surface area (Å²) in [6, 6.07) is 6.06. The fraction of sp³-hybridized carbons (Fsp3) is 0.583. The number of benzene rings is 1. The van der Waals surface area contributed by atoms with E-state index in [1.807, 2.05) is 0 Å². The highest BCUT2D eigenvalue weighted by Gasteiger charge is 2.31. The Morgan fingerprint density at radius 3 is 2.49 bits per heavy atom. The van der Waals surface area contributed by atoms with Gasteiger partial charge in [-0.05, 0) is 63.1 Å². The molecule has 0 bridgehead atoms. The molecule has 0 aliphatic carbocycles. The van der Waals surface area contributed by atoms with Gasteiger partial charge < -0.3 is 15.2 Å². The number of sulfonamides is 1. The average Bonchev–Trinajstić information content (AvgIpc) is 2.85. The minimum atomic E-state index is -3.68. The molecule has 192 valence electrons. The van der Waals surface area contributed by atoms with Crippen molar-refractivity contribution in [1.29, 1.82) is 0 Å². The van der Waals surface area contributed by atoms with Gasteiger partial charge in [0.05, 0.1) is 35.0 Å². The molecule has 2 saturated heterocycles. The molecule has 2 N–H and O–H groups in total. The largest absolute Gasteiger partial charge is 0.386 e. The van der Waals surface area contributed by atoms with Gasteiger partial charge in [0.2, 0.25) is 10.0 Å². The first-order valence-corrected chi connectivity index (χ1v) is 13.8. The van der Waals surface area contributed by atoms with Crippen LogP contribution in [0.3, 0.4) is 0 Å². The molecule has 1 unspecified atom stereocenters. The molecule has 0 radical (unpaired) electrons. The SMILES string of the molecule is CC(C)(O)c1ccc(S(=O)(=O)N2CCC(n3ncc(NCC4CCCOC4)c(Cl)c3=O)CC2)cc1. The Kier molecular flexibility index (Phi) is 7.87. The molecule has 1 atom stereocenters. The zero-order valence-corrected chi connectivity index (χ0v) is 21.7. The predicted molar refractivity (Wildman–Crippen MR) is 134 cm³/mol. The van der Waals surface area contributed by atoms with Crippen molar-refractivity contribution in [3.63, 3.8) is 0 Å². The van der Waals surface area contributed by atoms with Crippen molar-refractivity contribution in [3.8, 4) is 0 Å². The van der Waals surface area contributed by atoms with Crippen LogP contribution in [0.4, 0.5) is 5.69 Å². The van der Waals surface area contributed by atoms with Gasteiger partial charge in [-0.25, -0.2) is 13.1 Å². The molecule has 0 spiro atoms. The van der Waals surface area contributed by atoms with Crippen molar-refractivity contribution in [3.05, 3.63) is 51.4 Å². The molecule has 3 heterocycles. The standard InChI is InChI=1S/C24H33ClN4O5S/c1-24(2,31)18-5-7-20(8-6-18)35(32,33)28-11-9-19(10-12-28)29-23(30)22(25)21(15-27-29)26-14-17-4-3-13-34-16-17/h5-8,15,17,19,26,31H,3-4,9-14,16H2,1-2H3. The Labute approximate surface area is 211 Å². The topological polar surface area (TPSA) is 114 Å². The van der Waals surface area contributed by atoms with E-state index in [4.69, 9.17) is 16.3 Å². The van der Waals surface area contributed by atoms with E-state index in [1.54, 1.807) is 32.2 Å². The fourth-order valence-electron chi connectivity index (χ4n) is 4.56. The van der Waals surface area contributed by atoms with Gasteiger partial charge >= 0.3 is 0 Å². The van der Waals surface area contributed by atoms with Crippen molar-refractivity contribution < 1.29 is 18.3 Å². The first-order valence-electron chi connectivity index (χ1n) is 12.0. The maximum absolute atomic E-state index is 13.1. The lowest BCUT2D eigenvalue weighted by atomic mass is 9.99. The van der Waals surface area contributed by atoms with Crippen molar-refractivity contribution >= 4 is 27.3 Å². The molecule has 2 fully saturated rings. The molecule has 9 nitrogen and oxygen atoms in total. The summed E-state index contributed by atoms with van der Waals surface area (Å²) in [5.74, 6) is 0.375. The van der Waals surface area contributed by atoms with Crippen LogP contribution in [-0.4, -0.2) is 60.5 Å². The van der Waals surface area contributed by atoms with Gasteiger partial charge in [-0.15, -0.1) is 0 Å². The molecule has 1 aromatic carbocycles. The Balaban J connectivity index is 1.39. The number of aromatic nitrogens is 2. The average molecular weight is 525 g/mol. The first-order chi connectivity index (χ1) is 16.6. The molecule has 1 aromatic heterocycles. The van der Waals surface area contributed by atoms with Crippen LogP contribution in [0.1, 0.15) is 51.1 Å². The van der Waals surface area contributed by atoms with Crippen molar-refractivity contribution in [2.75, 3.05) is 38.2 Å². The summed E-state index contributed by atoms with van der Waals surface area (Å²) in [5, 5.41) is 17.8. The van der Waals surface area contributed by atoms with E-state index in [9.17, 15) is 18.3 Å². The summed E-state index contributed by atoms with van der Waals surface area (Å²) >= 11 is 6.37. The highest BCUT2D eigenvalue weighted by atomic mass is 35.5. The van der Waals surface area contributed by atoms with E-state index in [2.05, 4.69) is 10.4 Å². The number of hydrogen-bond donors (Lipinski definition) is 2. The van der Waals surface area contributed by atoms with Crippen molar-refractivity contribution in [2.45, 2.75) is 56.1 Å². The monoisotopic (exact) mass is 524 g/mol. The van der Waals surface area contributed by atoms with E-state index in [1.165, 1.54) is 21.1 Å². The third kappa shape index (κ3) is 5.89. The molecule has 0 saturated carbocycles.